The lowest BCUT2D eigenvalue weighted by Gasteiger charge is -2.25. The lowest BCUT2D eigenvalue weighted by molar-refractivity contribution is 0.626. The van der Waals surface area contributed by atoms with Crippen LogP contribution in [0.25, 0.3) is 0 Å². The SMILES string of the molecule is Fc1ccc(P(c2ccccc2)c2ccccc2)c(Cc2ccccc2P(c2ccccc2)c2ccccc2)c1. The molecule has 0 N–H and O–H groups in total. The van der Waals surface area contributed by atoms with Crippen molar-refractivity contribution in [3.05, 3.63) is 181 Å². The molecule has 0 bridgehead atoms. The summed E-state index contributed by atoms with van der Waals surface area (Å²) in [6, 6.07) is 56.9. The van der Waals surface area contributed by atoms with Crippen LogP contribution in [-0.4, -0.2) is 0 Å². The summed E-state index contributed by atoms with van der Waals surface area (Å²) in [5.41, 5.74) is 2.28. The van der Waals surface area contributed by atoms with Gasteiger partial charge in [0.25, 0.3) is 0 Å². The van der Waals surface area contributed by atoms with Gasteiger partial charge in [0.2, 0.25) is 0 Å². The molecule has 0 spiro atoms. The molecule has 0 aliphatic heterocycles. The van der Waals surface area contributed by atoms with E-state index >= 15 is 0 Å². The Bertz CT molecular complexity index is 1590. The van der Waals surface area contributed by atoms with E-state index in [0.717, 1.165) is 5.56 Å². The Morgan fingerprint density at radius 2 is 0.750 bits per heavy atom. The number of rotatable bonds is 8. The van der Waals surface area contributed by atoms with Crippen LogP contribution in [0.3, 0.4) is 0 Å². The second-order valence-electron chi connectivity index (χ2n) is 9.59. The minimum atomic E-state index is -0.849. The Morgan fingerprint density at radius 3 is 1.20 bits per heavy atom. The fourth-order valence-corrected chi connectivity index (χ4v) is 10.1. The first-order valence-electron chi connectivity index (χ1n) is 13.4. The number of hydrogen-bond acceptors (Lipinski definition) is 0. The average Bonchev–Trinajstić information content (AvgIpc) is 3.02. The lowest BCUT2D eigenvalue weighted by atomic mass is 10.0. The van der Waals surface area contributed by atoms with Gasteiger partial charge >= 0.3 is 0 Å². The molecule has 0 atom stereocenters. The van der Waals surface area contributed by atoms with E-state index in [2.05, 4.69) is 146 Å². The molecule has 3 heteroatoms. The van der Waals surface area contributed by atoms with E-state index in [0.29, 0.717) is 6.42 Å². The molecule has 0 heterocycles. The van der Waals surface area contributed by atoms with Crippen LogP contribution in [0.2, 0.25) is 0 Å². The van der Waals surface area contributed by atoms with Crippen LogP contribution in [0, 0.1) is 5.82 Å². The van der Waals surface area contributed by atoms with Crippen molar-refractivity contribution in [3.8, 4) is 0 Å². The van der Waals surface area contributed by atoms with Gasteiger partial charge in [-0.25, -0.2) is 4.39 Å². The van der Waals surface area contributed by atoms with Crippen LogP contribution >= 0.6 is 15.8 Å². The van der Waals surface area contributed by atoms with Gasteiger partial charge in [-0.15, -0.1) is 0 Å². The van der Waals surface area contributed by atoms with Gasteiger partial charge in [-0.3, -0.25) is 0 Å². The van der Waals surface area contributed by atoms with E-state index < -0.39 is 15.8 Å². The van der Waals surface area contributed by atoms with Gasteiger partial charge in [-0.05, 0) is 77.4 Å². The molecule has 0 amide bonds. The minimum Gasteiger partial charge on any atom is -0.207 e. The standard InChI is InChI=1S/C37H29FP2/c38-31-25-26-37(40(34-20-9-3-10-21-34)35-22-11-4-12-23-35)30(28-31)27-29-15-13-14-24-36(29)39(32-16-5-1-6-17-32)33-18-7-2-8-19-33/h1-26,28H,27H2. The molecule has 0 radical (unpaired) electrons. The predicted molar refractivity (Wildman–Crippen MR) is 173 cm³/mol. The first-order valence-corrected chi connectivity index (χ1v) is 16.1. The zero-order chi connectivity index (χ0) is 27.1. The van der Waals surface area contributed by atoms with Crippen LogP contribution in [-0.2, 0) is 6.42 Å². The van der Waals surface area contributed by atoms with Crippen molar-refractivity contribution >= 4 is 47.7 Å². The third-order valence-electron chi connectivity index (χ3n) is 6.95. The fourth-order valence-electron chi connectivity index (χ4n) is 5.16. The number of halogens is 1. The van der Waals surface area contributed by atoms with E-state index in [1.54, 1.807) is 12.1 Å². The van der Waals surface area contributed by atoms with Crippen molar-refractivity contribution in [2.45, 2.75) is 6.42 Å². The topological polar surface area (TPSA) is 0 Å². The molecule has 0 aliphatic rings. The molecule has 0 nitrogen and oxygen atoms in total. The highest BCUT2D eigenvalue weighted by Gasteiger charge is 2.23. The molecular formula is C37H29FP2. The van der Waals surface area contributed by atoms with Crippen molar-refractivity contribution in [2.75, 3.05) is 0 Å². The van der Waals surface area contributed by atoms with Gasteiger partial charge in [0.15, 0.2) is 0 Å². The third-order valence-corrected chi connectivity index (χ3v) is 12.0. The summed E-state index contributed by atoms with van der Waals surface area (Å²) in [4.78, 5) is 0. The summed E-state index contributed by atoms with van der Waals surface area (Å²) in [5.74, 6) is -0.194. The van der Waals surface area contributed by atoms with Gasteiger partial charge < -0.3 is 0 Å². The molecule has 0 unspecified atom stereocenters. The lowest BCUT2D eigenvalue weighted by Crippen LogP contribution is -2.26. The number of benzene rings is 6. The predicted octanol–water partition coefficient (Wildman–Crippen LogP) is 6.93. The summed E-state index contributed by atoms with van der Waals surface area (Å²) >= 11 is 0. The maximum atomic E-state index is 14.9. The second kappa shape index (κ2) is 12.5. The van der Waals surface area contributed by atoms with E-state index in [1.165, 1.54) is 37.4 Å². The molecule has 0 saturated carbocycles. The van der Waals surface area contributed by atoms with Crippen LogP contribution in [0.1, 0.15) is 11.1 Å². The van der Waals surface area contributed by atoms with Crippen LogP contribution in [0.4, 0.5) is 4.39 Å². The highest BCUT2D eigenvalue weighted by molar-refractivity contribution is 7.80. The Hall–Kier alpha value is -3.89. The molecule has 0 saturated heterocycles. The van der Waals surface area contributed by atoms with Crippen LogP contribution < -0.4 is 31.8 Å². The largest absolute Gasteiger partial charge is 0.207 e. The molecule has 0 aromatic heterocycles. The maximum absolute atomic E-state index is 14.9. The zero-order valence-electron chi connectivity index (χ0n) is 22.1. The van der Waals surface area contributed by atoms with Crippen molar-refractivity contribution in [2.24, 2.45) is 0 Å². The highest BCUT2D eigenvalue weighted by Crippen LogP contribution is 2.37. The zero-order valence-corrected chi connectivity index (χ0v) is 23.9. The maximum Gasteiger partial charge on any atom is 0.123 e. The second-order valence-corrected chi connectivity index (χ2v) is 14.0. The van der Waals surface area contributed by atoms with E-state index in [4.69, 9.17) is 0 Å². The van der Waals surface area contributed by atoms with Crippen molar-refractivity contribution < 1.29 is 4.39 Å². The molecule has 40 heavy (non-hydrogen) atoms. The molecule has 194 valence electrons. The summed E-state index contributed by atoms with van der Waals surface area (Å²) in [7, 11) is -1.62. The van der Waals surface area contributed by atoms with Gasteiger partial charge in [0.1, 0.15) is 5.82 Å². The summed E-state index contributed by atoms with van der Waals surface area (Å²) < 4.78 is 14.9. The highest BCUT2D eigenvalue weighted by atomic mass is 31.1. The summed E-state index contributed by atoms with van der Waals surface area (Å²) in [6.07, 6.45) is 0.667. The Morgan fingerprint density at radius 1 is 0.375 bits per heavy atom. The summed E-state index contributed by atoms with van der Waals surface area (Å²) in [5, 5.41) is 7.67. The van der Waals surface area contributed by atoms with Gasteiger partial charge in [0.05, 0.1) is 0 Å². The molecule has 6 aromatic rings. The first-order chi connectivity index (χ1) is 19.8. The van der Waals surface area contributed by atoms with Gasteiger partial charge in [0, 0.05) is 0 Å². The fraction of sp³-hybridized carbons (Fsp3) is 0.0270. The Labute approximate surface area is 238 Å². The van der Waals surface area contributed by atoms with E-state index in [-0.39, 0.29) is 5.82 Å². The number of hydrogen-bond donors (Lipinski definition) is 0. The molecule has 6 rings (SSSR count). The van der Waals surface area contributed by atoms with Gasteiger partial charge in [-0.2, -0.15) is 0 Å². The third kappa shape index (κ3) is 5.83. The summed E-state index contributed by atoms with van der Waals surface area (Å²) in [6.45, 7) is 0. The van der Waals surface area contributed by atoms with Crippen molar-refractivity contribution in [1.82, 2.24) is 0 Å². The first kappa shape index (κ1) is 26.3. The normalized spacial score (nSPS) is 11.2. The van der Waals surface area contributed by atoms with Crippen LogP contribution in [0.15, 0.2) is 164 Å². The van der Waals surface area contributed by atoms with Crippen LogP contribution in [0.5, 0.6) is 0 Å². The Kier molecular flexibility index (Phi) is 8.25. The van der Waals surface area contributed by atoms with Crippen molar-refractivity contribution in [3.63, 3.8) is 0 Å². The van der Waals surface area contributed by atoms with E-state index in [1.807, 2.05) is 6.07 Å². The molecular weight excluding hydrogens is 525 g/mol. The minimum absolute atomic E-state index is 0.194. The van der Waals surface area contributed by atoms with Crippen molar-refractivity contribution in [1.29, 1.82) is 0 Å². The monoisotopic (exact) mass is 554 g/mol. The molecule has 0 fully saturated rings. The average molecular weight is 555 g/mol. The van der Waals surface area contributed by atoms with E-state index in [9.17, 15) is 4.39 Å². The molecule has 6 aromatic carbocycles. The smallest absolute Gasteiger partial charge is 0.123 e. The molecule has 0 aliphatic carbocycles. The quantitative estimate of drug-likeness (QED) is 0.179. The van der Waals surface area contributed by atoms with Gasteiger partial charge in [-0.1, -0.05) is 152 Å². The Balaban J connectivity index is 1.49.